The Kier molecular flexibility index (Phi) is 6.92. The van der Waals surface area contributed by atoms with Gasteiger partial charge < -0.3 is 14.2 Å². The number of halogens is 2. The first-order valence-electron chi connectivity index (χ1n) is 8.42. The summed E-state index contributed by atoms with van der Waals surface area (Å²) in [4.78, 5) is 26.1. The Morgan fingerprint density at radius 1 is 1.10 bits per heavy atom. The van der Waals surface area contributed by atoms with Crippen molar-refractivity contribution in [2.45, 2.75) is 6.92 Å². The number of rotatable bonds is 5. The zero-order valence-electron chi connectivity index (χ0n) is 16.0. The summed E-state index contributed by atoms with van der Waals surface area (Å²) in [6.07, 6.45) is 1.65. The molecule has 0 radical (unpaired) electrons. The van der Waals surface area contributed by atoms with Gasteiger partial charge in [0.1, 0.15) is 0 Å². The fourth-order valence-electron chi connectivity index (χ4n) is 2.69. The van der Waals surface area contributed by atoms with Crippen molar-refractivity contribution in [3.63, 3.8) is 0 Å². The molecule has 2 aromatic carbocycles. The van der Waals surface area contributed by atoms with Crippen LogP contribution in [-0.4, -0.2) is 30.4 Å². The minimum Gasteiger partial charge on any atom is -0.493 e. The molecule has 0 N–H and O–H groups in total. The van der Waals surface area contributed by atoms with Gasteiger partial charge >= 0.3 is 5.97 Å². The fraction of sp³-hybridized carbons (Fsp3) is 0.150. The van der Waals surface area contributed by atoms with Gasteiger partial charge in [-0.15, -0.1) is 0 Å². The number of ether oxygens (including phenoxy) is 3. The summed E-state index contributed by atoms with van der Waals surface area (Å²) in [6.45, 7) is 1.28. The molecule has 0 saturated carbocycles. The number of hydrogen-bond donors (Lipinski definition) is 0. The van der Waals surface area contributed by atoms with Gasteiger partial charge in [-0.3, -0.25) is 14.5 Å². The van der Waals surface area contributed by atoms with Crippen molar-refractivity contribution in [3.05, 3.63) is 50.8 Å². The van der Waals surface area contributed by atoms with Crippen molar-refractivity contribution in [1.82, 2.24) is 0 Å². The molecule has 0 atom stereocenters. The second-order valence-electron chi connectivity index (χ2n) is 5.96. The van der Waals surface area contributed by atoms with E-state index in [4.69, 9.17) is 49.6 Å². The number of methoxy groups -OCH3 is 2. The van der Waals surface area contributed by atoms with Crippen LogP contribution in [0.4, 0.5) is 5.69 Å². The Morgan fingerprint density at radius 3 is 2.27 bits per heavy atom. The van der Waals surface area contributed by atoms with Gasteiger partial charge in [-0.1, -0.05) is 47.2 Å². The second-order valence-corrected chi connectivity index (χ2v) is 8.45. The molecule has 0 unspecified atom stereocenters. The molecule has 30 heavy (non-hydrogen) atoms. The van der Waals surface area contributed by atoms with Crippen LogP contribution in [0.2, 0.25) is 10.0 Å². The standard InChI is InChI=1S/C20H15Cl2NO5S2/c1-10(24)28-18-15(26-2)6-11(7-16(18)27-3)8-17-19(25)23(20(29)30-17)12-4-5-13(21)14(22)9-12/h4-9H,1-3H3/b17-8-. The monoisotopic (exact) mass is 483 g/mol. The molecule has 10 heteroatoms. The van der Waals surface area contributed by atoms with E-state index >= 15 is 0 Å². The van der Waals surface area contributed by atoms with Gasteiger partial charge in [-0.05, 0) is 42.0 Å². The van der Waals surface area contributed by atoms with Gasteiger partial charge in [-0.2, -0.15) is 0 Å². The van der Waals surface area contributed by atoms with Gasteiger partial charge in [0, 0.05) is 6.92 Å². The smallest absolute Gasteiger partial charge is 0.308 e. The summed E-state index contributed by atoms with van der Waals surface area (Å²) >= 11 is 18.6. The van der Waals surface area contributed by atoms with E-state index in [1.807, 2.05) is 0 Å². The van der Waals surface area contributed by atoms with Gasteiger partial charge in [0.05, 0.1) is 34.9 Å². The predicted octanol–water partition coefficient (Wildman–Crippen LogP) is 5.34. The third kappa shape index (κ3) is 4.57. The largest absolute Gasteiger partial charge is 0.493 e. The van der Waals surface area contributed by atoms with Gasteiger partial charge in [0.25, 0.3) is 5.91 Å². The molecule has 0 bridgehead atoms. The van der Waals surface area contributed by atoms with Crippen LogP contribution in [0.15, 0.2) is 35.2 Å². The molecular weight excluding hydrogens is 469 g/mol. The van der Waals surface area contributed by atoms with E-state index in [0.29, 0.717) is 30.5 Å². The maximum atomic E-state index is 13.0. The van der Waals surface area contributed by atoms with Crippen molar-refractivity contribution in [3.8, 4) is 17.2 Å². The minimum atomic E-state index is -0.512. The zero-order chi connectivity index (χ0) is 22.0. The number of carbonyl (C=O) groups excluding carboxylic acids is 2. The van der Waals surface area contributed by atoms with E-state index in [2.05, 4.69) is 0 Å². The third-order valence-corrected chi connectivity index (χ3v) is 6.02. The summed E-state index contributed by atoms with van der Waals surface area (Å²) < 4.78 is 16.2. The number of benzene rings is 2. The van der Waals surface area contributed by atoms with Crippen LogP contribution in [0.1, 0.15) is 12.5 Å². The van der Waals surface area contributed by atoms with E-state index in [1.54, 1.807) is 36.4 Å². The number of amides is 1. The number of hydrogen-bond acceptors (Lipinski definition) is 7. The number of nitrogens with zero attached hydrogens (tertiary/aromatic N) is 1. The number of esters is 1. The van der Waals surface area contributed by atoms with Crippen LogP contribution in [0, 0.1) is 0 Å². The molecule has 0 spiro atoms. The Hall–Kier alpha value is -2.26. The lowest BCUT2D eigenvalue weighted by molar-refractivity contribution is -0.132. The van der Waals surface area contributed by atoms with Crippen molar-refractivity contribution >= 4 is 75.1 Å². The summed E-state index contributed by atoms with van der Waals surface area (Å²) in [5.41, 5.74) is 1.13. The molecule has 6 nitrogen and oxygen atoms in total. The zero-order valence-corrected chi connectivity index (χ0v) is 19.2. The number of thiocarbonyl (C=S) groups is 1. The van der Waals surface area contributed by atoms with E-state index in [0.717, 1.165) is 11.8 Å². The molecule has 1 aliphatic heterocycles. The number of thioether (sulfide) groups is 1. The lowest BCUT2D eigenvalue weighted by Gasteiger charge is -2.15. The summed E-state index contributed by atoms with van der Waals surface area (Å²) in [5.74, 6) is -0.0771. The van der Waals surface area contributed by atoms with Crippen LogP contribution >= 0.6 is 47.2 Å². The third-order valence-electron chi connectivity index (χ3n) is 3.98. The molecule has 1 fully saturated rings. The van der Waals surface area contributed by atoms with Crippen molar-refractivity contribution in [2.24, 2.45) is 0 Å². The van der Waals surface area contributed by atoms with E-state index in [1.165, 1.54) is 26.0 Å². The highest BCUT2D eigenvalue weighted by atomic mass is 35.5. The van der Waals surface area contributed by atoms with E-state index in [9.17, 15) is 9.59 Å². The summed E-state index contributed by atoms with van der Waals surface area (Å²) in [7, 11) is 2.88. The minimum absolute atomic E-state index is 0.160. The van der Waals surface area contributed by atoms with Crippen molar-refractivity contribution in [1.29, 1.82) is 0 Å². The molecule has 0 aromatic heterocycles. The number of anilines is 1. The normalized spacial score (nSPS) is 15.0. The first kappa shape index (κ1) is 22.4. The van der Waals surface area contributed by atoms with Crippen LogP contribution in [-0.2, 0) is 9.59 Å². The van der Waals surface area contributed by atoms with Crippen molar-refractivity contribution in [2.75, 3.05) is 19.1 Å². The van der Waals surface area contributed by atoms with Gasteiger partial charge in [0.15, 0.2) is 15.8 Å². The molecule has 0 aliphatic carbocycles. The van der Waals surface area contributed by atoms with Crippen LogP contribution < -0.4 is 19.1 Å². The Balaban J connectivity index is 1.99. The number of carbonyl (C=O) groups is 2. The van der Waals surface area contributed by atoms with E-state index < -0.39 is 5.97 Å². The maximum Gasteiger partial charge on any atom is 0.308 e. The quantitative estimate of drug-likeness (QED) is 0.246. The lowest BCUT2D eigenvalue weighted by atomic mass is 10.1. The molecule has 1 saturated heterocycles. The Labute approximate surface area is 192 Å². The second kappa shape index (κ2) is 9.26. The maximum absolute atomic E-state index is 13.0. The summed E-state index contributed by atoms with van der Waals surface area (Å²) in [5, 5.41) is 0.705. The molecule has 1 heterocycles. The Bertz CT molecular complexity index is 1060. The highest BCUT2D eigenvalue weighted by Crippen LogP contribution is 2.42. The molecule has 1 amide bonds. The first-order chi connectivity index (χ1) is 14.2. The predicted molar refractivity (Wildman–Crippen MR) is 123 cm³/mol. The van der Waals surface area contributed by atoms with Crippen LogP contribution in [0.5, 0.6) is 17.2 Å². The highest BCUT2D eigenvalue weighted by molar-refractivity contribution is 8.27. The van der Waals surface area contributed by atoms with E-state index in [-0.39, 0.29) is 23.2 Å². The van der Waals surface area contributed by atoms with Crippen LogP contribution in [0.25, 0.3) is 6.08 Å². The average molecular weight is 484 g/mol. The molecule has 3 rings (SSSR count). The molecule has 2 aromatic rings. The van der Waals surface area contributed by atoms with Crippen molar-refractivity contribution < 1.29 is 23.8 Å². The molecule has 1 aliphatic rings. The van der Waals surface area contributed by atoms with Gasteiger partial charge in [-0.25, -0.2) is 0 Å². The SMILES string of the molecule is COc1cc(/C=C2\SC(=S)N(c3ccc(Cl)c(Cl)c3)C2=O)cc(OC)c1OC(C)=O. The molecular formula is C20H15Cl2NO5S2. The highest BCUT2D eigenvalue weighted by Gasteiger charge is 2.33. The van der Waals surface area contributed by atoms with Crippen LogP contribution in [0.3, 0.4) is 0 Å². The first-order valence-corrected chi connectivity index (χ1v) is 10.4. The average Bonchev–Trinajstić information content (AvgIpc) is 2.97. The topological polar surface area (TPSA) is 65.1 Å². The lowest BCUT2D eigenvalue weighted by Crippen LogP contribution is -2.27. The van der Waals surface area contributed by atoms with Gasteiger partial charge in [0.2, 0.25) is 5.75 Å². The Morgan fingerprint density at radius 2 is 1.73 bits per heavy atom. The molecule has 156 valence electrons. The fourth-order valence-corrected chi connectivity index (χ4v) is 4.29. The summed E-state index contributed by atoms with van der Waals surface area (Å²) in [6, 6.07) is 8.11.